The Morgan fingerprint density at radius 2 is 1.74 bits per heavy atom. The maximum absolute atomic E-state index is 13.0. The van der Waals surface area contributed by atoms with Gasteiger partial charge in [-0.05, 0) is 44.2 Å². The Balaban J connectivity index is 1.53. The maximum Gasteiger partial charge on any atom is 0.416 e. The van der Waals surface area contributed by atoms with E-state index in [4.69, 9.17) is 10.5 Å². The van der Waals surface area contributed by atoms with Crippen LogP contribution < -0.4 is 5.73 Å². The summed E-state index contributed by atoms with van der Waals surface area (Å²) in [5, 5.41) is 0. The van der Waals surface area contributed by atoms with Gasteiger partial charge in [-0.25, -0.2) is 4.79 Å². The molecule has 4 rings (SSSR count). The molecule has 2 fully saturated rings. The number of ether oxygens (including phenoxy) is 1. The van der Waals surface area contributed by atoms with Gasteiger partial charge in [0, 0.05) is 23.9 Å². The molecule has 2 aromatic carbocycles. The number of alkyl halides is 3. The Hall–Kier alpha value is -2.71. The van der Waals surface area contributed by atoms with E-state index in [1.165, 1.54) is 12.1 Å². The van der Waals surface area contributed by atoms with E-state index in [0.29, 0.717) is 18.4 Å². The van der Waals surface area contributed by atoms with Crippen LogP contribution in [0, 0.1) is 5.92 Å². The highest BCUT2D eigenvalue weighted by Crippen LogP contribution is 2.45. The van der Waals surface area contributed by atoms with Crippen molar-refractivity contribution in [3.63, 3.8) is 0 Å². The number of nitrogens with two attached hydrogens (primary N) is 1. The maximum atomic E-state index is 13.0. The van der Waals surface area contributed by atoms with E-state index in [2.05, 4.69) is 0 Å². The Kier molecular flexibility index (Phi) is 5.39. The lowest BCUT2D eigenvalue weighted by Crippen LogP contribution is -2.57. The van der Waals surface area contributed by atoms with Crippen LogP contribution in [-0.4, -0.2) is 41.5 Å². The molecule has 2 heterocycles. The Labute approximate surface area is 178 Å². The summed E-state index contributed by atoms with van der Waals surface area (Å²) in [5.74, 6) is -1.37. The van der Waals surface area contributed by atoms with Gasteiger partial charge in [-0.1, -0.05) is 30.3 Å². The average Bonchev–Trinajstić information content (AvgIpc) is 2.87. The van der Waals surface area contributed by atoms with Crippen molar-refractivity contribution >= 4 is 11.8 Å². The molecule has 2 bridgehead atoms. The second-order valence-corrected chi connectivity index (χ2v) is 8.38. The number of ketones is 1. The quantitative estimate of drug-likeness (QED) is 0.586. The van der Waals surface area contributed by atoms with E-state index in [9.17, 15) is 22.8 Å². The van der Waals surface area contributed by atoms with Gasteiger partial charge in [0.2, 0.25) is 0 Å². The highest BCUT2D eigenvalue weighted by atomic mass is 19.4. The van der Waals surface area contributed by atoms with E-state index in [0.717, 1.165) is 12.1 Å². The van der Waals surface area contributed by atoms with Crippen LogP contribution in [0.15, 0.2) is 54.6 Å². The number of hydrogen-bond acceptors (Lipinski definition) is 5. The molecule has 2 saturated heterocycles. The molecule has 164 valence electrons. The summed E-state index contributed by atoms with van der Waals surface area (Å²) in [5.41, 5.74) is 5.28. The summed E-state index contributed by atoms with van der Waals surface area (Å²) in [7, 11) is 1.83. The van der Waals surface area contributed by atoms with Crippen LogP contribution in [0.1, 0.15) is 45.5 Å². The predicted molar refractivity (Wildman–Crippen MR) is 107 cm³/mol. The smallest absolute Gasteiger partial charge is 0.416 e. The fourth-order valence-electron chi connectivity index (χ4n) is 4.73. The van der Waals surface area contributed by atoms with E-state index in [1.807, 2.05) is 11.9 Å². The van der Waals surface area contributed by atoms with Crippen molar-refractivity contribution in [2.45, 2.75) is 43.2 Å². The number of esters is 1. The average molecular weight is 432 g/mol. The largest absolute Gasteiger partial charge is 0.457 e. The molecule has 2 unspecified atom stereocenters. The van der Waals surface area contributed by atoms with Gasteiger partial charge in [0.1, 0.15) is 6.10 Å². The minimum atomic E-state index is -4.52. The van der Waals surface area contributed by atoms with E-state index >= 15 is 0 Å². The first-order valence-corrected chi connectivity index (χ1v) is 10.1. The van der Waals surface area contributed by atoms with Crippen molar-refractivity contribution in [1.29, 1.82) is 0 Å². The molecule has 2 aliphatic heterocycles. The first-order chi connectivity index (χ1) is 14.6. The summed E-state index contributed by atoms with van der Waals surface area (Å²) >= 11 is 0. The van der Waals surface area contributed by atoms with Crippen molar-refractivity contribution in [3.8, 4) is 0 Å². The zero-order valence-electron chi connectivity index (χ0n) is 16.9. The van der Waals surface area contributed by atoms with E-state index in [1.54, 1.807) is 30.3 Å². The highest BCUT2D eigenvalue weighted by molar-refractivity contribution is 5.98. The van der Waals surface area contributed by atoms with Crippen LogP contribution in [0.5, 0.6) is 0 Å². The van der Waals surface area contributed by atoms with Crippen LogP contribution in [0.25, 0.3) is 0 Å². The third-order valence-electron chi connectivity index (χ3n) is 6.42. The van der Waals surface area contributed by atoms with Crippen LogP contribution in [0.3, 0.4) is 0 Å². The van der Waals surface area contributed by atoms with Crippen LogP contribution in [0.2, 0.25) is 0 Å². The molecule has 0 amide bonds. The summed E-state index contributed by atoms with van der Waals surface area (Å²) in [6.45, 7) is 0. The lowest BCUT2D eigenvalue weighted by atomic mass is 9.82. The molecule has 0 radical (unpaired) electrons. The Morgan fingerprint density at radius 3 is 2.42 bits per heavy atom. The van der Waals surface area contributed by atoms with Crippen molar-refractivity contribution in [2.75, 3.05) is 7.05 Å². The highest BCUT2D eigenvalue weighted by Gasteiger charge is 2.55. The fourth-order valence-corrected chi connectivity index (χ4v) is 4.73. The zero-order valence-corrected chi connectivity index (χ0v) is 16.9. The predicted octanol–water partition coefficient (Wildman–Crippen LogP) is 3.88. The number of benzene rings is 2. The van der Waals surface area contributed by atoms with E-state index in [-0.39, 0.29) is 23.8 Å². The number of Topliss-reactive ketones (excluding diaryl/α,β-unsaturated/α-hetero) is 1. The molecule has 5 nitrogen and oxygen atoms in total. The summed E-state index contributed by atoms with van der Waals surface area (Å²) in [6.07, 6.45) is -4.01. The lowest BCUT2D eigenvalue weighted by molar-refractivity contribution is -0.137. The monoisotopic (exact) mass is 432 g/mol. The number of nitrogens with zero attached hydrogens (tertiary/aromatic N) is 1. The SMILES string of the molecule is CN1[C@@H]2CC(C(=O)c3cccc(C(F)(F)F)c3)C[C@@]1(N)CC2OC(=O)c1ccccc1. The van der Waals surface area contributed by atoms with Gasteiger partial charge < -0.3 is 10.5 Å². The standard InChI is InChI=1S/C23H23F3N2O3/c1-28-18-11-16(20(29)15-8-5-9-17(10-15)23(24,25)26)12-22(28,27)13-19(18)31-21(30)14-6-3-2-4-7-14/h2-10,16,18-19H,11-13,27H2,1H3/t16?,18-,19?,22+/m1/s1. The van der Waals surface area contributed by atoms with Gasteiger partial charge in [-0.15, -0.1) is 0 Å². The van der Waals surface area contributed by atoms with Gasteiger partial charge in [0.25, 0.3) is 0 Å². The molecule has 0 aromatic heterocycles. The first kappa shape index (κ1) is 21.5. The van der Waals surface area contributed by atoms with Crippen molar-refractivity contribution in [3.05, 3.63) is 71.3 Å². The van der Waals surface area contributed by atoms with Crippen LogP contribution in [0.4, 0.5) is 13.2 Å². The second-order valence-electron chi connectivity index (χ2n) is 8.38. The molecule has 8 heteroatoms. The number of carbonyl (C=O) groups is 2. The minimum absolute atomic E-state index is 0.0187. The zero-order chi connectivity index (χ0) is 22.4. The Morgan fingerprint density at radius 1 is 1.06 bits per heavy atom. The number of halogens is 3. The summed E-state index contributed by atoms with van der Waals surface area (Å²) in [4.78, 5) is 27.5. The van der Waals surface area contributed by atoms with Crippen molar-refractivity contribution < 1.29 is 27.5 Å². The molecule has 31 heavy (non-hydrogen) atoms. The molecule has 0 spiro atoms. The molecule has 2 aliphatic rings. The molecular formula is C23H23F3N2O3. The van der Waals surface area contributed by atoms with Gasteiger partial charge in [-0.2, -0.15) is 13.2 Å². The van der Waals surface area contributed by atoms with E-state index < -0.39 is 35.4 Å². The first-order valence-electron chi connectivity index (χ1n) is 10.1. The molecule has 0 saturated carbocycles. The molecule has 2 aromatic rings. The number of likely N-dealkylation sites (N-methyl/N-ethyl adjacent to an activating group) is 1. The topological polar surface area (TPSA) is 72.6 Å². The number of rotatable bonds is 4. The molecule has 2 N–H and O–H groups in total. The lowest BCUT2D eigenvalue weighted by Gasteiger charge is -2.42. The number of hydrogen-bond donors (Lipinski definition) is 1. The second kappa shape index (κ2) is 7.76. The van der Waals surface area contributed by atoms with Crippen molar-refractivity contribution in [1.82, 2.24) is 4.90 Å². The van der Waals surface area contributed by atoms with Gasteiger partial charge in [-0.3, -0.25) is 9.69 Å². The normalized spacial score (nSPS) is 28.4. The fraction of sp³-hybridized carbons (Fsp3) is 0.391. The molecular weight excluding hydrogens is 409 g/mol. The number of piperidine rings is 1. The minimum Gasteiger partial charge on any atom is -0.457 e. The van der Waals surface area contributed by atoms with Crippen molar-refractivity contribution in [2.24, 2.45) is 11.7 Å². The van der Waals surface area contributed by atoms with Gasteiger partial charge in [0.15, 0.2) is 5.78 Å². The van der Waals surface area contributed by atoms with Gasteiger partial charge >= 0.3 is 12.1 Å². The van der Waals surface area contributed by atoms with Crippen LogP contribution in [-0.2, 0) is 10.9 Å². The molecule has 0 aliphatic carbocycles. The third kappa shape index (κ3) is 4.09. The summed E-state index contributed by atoms with van der Waals surface area (Å²) < 4.78 is 44.9. The Bertz CT molecular complexity index is 995. The summed E-state index contributed by atoms with van der Waals surface area (Å²) in [6, 6.07) is 12.8. The molecule has 4 atom stereocenters. The van der Waals surface area contributed by atoms with Gasteiger partial charge in [0.05, 0.1) is 16.8 Å². The third-order valence-corrected chi connectivity index (χ3v) is 6.42. The van der Waals surface area contributed by atoms with Crippen LogP contribution >= 0.6 is 0 Å². The number of carbonyl (C=O) groups excluding carboxylic acids is 2. The number of fused-ring (bicyclic) bond motifs is 2.